The van der Waals surface area contributed by atoms with Crippen molar-refractivity contribution < 1.29 is 9.53 Å². The number of nitrogens with two attached hydrogens (primary N) is 1. The summed E-state index contributed by atoms with van der Waals surface area (Å²) < 4.78 is 5.39. The zero-order valence-corrected chi connectivity index (χ0v) is 7.59. The Bertz CT molecular complexity index is 184. The predicted molar refractivity (Wildman–Crippen MR) is 45.6 cm³/mol. The highest BCUT2D eigenvalue weighted by Gasteiger charge is 2.38. The van der Waals surface area contributed by atoms with Gasteiger partial charge in [-0.2, -0.15) is 0 Å². The fraction of sp³-hybridized carbons (Fsp3) is 0.875. The van der Waals surface area contributed by atoms with Crippen molar-refractivity contribution in [2.75, 3.05) is 13.7 Å². The normalized spacial score (nSPS) is 35.3. The molecule has 4 nitrogen and oxygen atoms in total. The van der Waals surface area contributed by atoms with Crippen LogP contribution in [0.15, 0.2) is 0 Å². The lowest BCUT2D eigenvalue weighted by Gasteiger charge is -2.25. The highest BCUT2D eigenvalue weighted by atomic mass is 16.5. The zero-order chi connectivity index (χ0) is 9.19. The Balaban J connectivity index is 2.58. The van der Waals surface area contributed by atoms with Gasteiger partial charge in [-0.05, 0) is 20.4 Å². The lowest BCUT2D eigenvalue weighted by atomic mass is 9.92. The standard InChI is InChI=1S/C8H16N2O2/c1-6-3-8(10-2,5-12-6)4-7(9)11/h6,10H,3-5H2,1-2H3,(H2,9,11). The maximum absolute atomic E-state index is 10.8. The first-order valence-electron chi connectivity index (χ1n) is 4.17. The van der Waals surface area contributed by atoms with Crippen LogP contribution in [0.1, 0.15) is 19.8 Å². The molecule has 0 saturated carbocycles. The van der Waals surface area contributed by atoms with Crippen molar-refractivity contribution in [2.24, 2.45) is 5.73 Å². The summed E-state index contributed by atoms with van der Waals surface area (Å²) in [6.07, 6.45) is 1.43. The minimum atomic E-state index is -0.276. The van der Waals surface area contributed by atoms with Crippen LogP contribution < -0.4 is 11.1 Å². The molecule has 0 aromatic carbocycles. The van der Waals surface area contributed by atoms with Crippen molar-refractivity contribution in [3.05, 3.63) is 0 Å². The lowest BCUT2D eigenvalue weighted by Crippen LogP contribution is -2.46. The fourth-order valence-electron chi connectivity index (χ4n) is 1.69. The summed E-state index contributed by atoms with van der Waals surface area (Å²) in [5, 5.41) is 3.11. The second-order valence-electron chi connectivity index (χ2n) is 3.50. The average Bonchev–Trinajstić information content (AvgIpc) is 2.32. The van der Waals surface area contributed by atoms with Crippen LogP contribution in [0, 0.1) is 0 Å². The lowest BCUT2D eigenvalue weighted by molar-refractivity contribution is -0.119. The van der Waals surface area contributed by atoms with Crippen LogP contribution in [0.2, 0.25) is 0 Å². The van der Waals surface area contributed by atoms with E-state index in [2.05, 4.69) is 5.32 Å². The van der Waals surface area contributed by atoms with Gasteiger partial charge in [-0.3, -0.25) is 4.79 Å². The Kier molecular flexibility index (Phi) is 2.69. The summed E-state index contributed by atoms with van der Waals surface area (Å²) in [6, 6.07) is 0. The van der Waals surface area contributed by atoms with Crippen molar-refractivity contribution >= 4 is 5.91 Å². The molecule has 0 spiro atoms. The molecule has 1 saturated heterocycles. The first-order valence-corrected chi connectivity index (χ1v) is 4.17. The molecule has 0 bridgehead atoms. The molecule has 2 unspecified atom stereocenters. The number of rotatable bonds is 3. The molecule has 4 heteroatoms. The van der Waals surface area contributed by atoms with Crippen LogP contribution in [-0.4, -0.2) is 31.2 Å². The van der Waals surface area contributed by atoms with E-state index in [1.54, 1.807) is 0 Å². The molecule has 1 aliphatic heterocycles. The van der Waals surface area contributed by atoms with E-state index in [1.165, 1.54) is 0 Å². The van der Waals surface area contributed by atoms with Crippen LogP contribution >= 0.6 is 0 Å². The number of amides is 1. The van der Waals surface area contributed by atoms with E-state index >= 15 is 0 Å². The average molecular weight is 172 g/mol. The predicted octanol–water partition coefficient (Wildman–Crippen LogP) is -0.371. The maximum Gasteiger partial charge on any atom is 0.219 e. The van der Waals surface area contributed by atoms with Gasteiger partial charge < -0.3 is 15.8 Å². The monoisotopic (exact) mass is 172 g/mol. The second-order valence-corrected chi connectivity index (χ2v) is 3.50. The summed E-state index contributed by atoms with van der Waals surface area (Å²) in [5.74, 6) is -0.276. The van der Waals surface area contributed by atoms with Crippen LogP contribution in [0.4, 0.5) is 0 Å². The number of carbonyl (C=O) groups is 1. The Morgan fingerprint density at radius 1 is 1.83 bits per heavy atom. The third kappa shape index (κ3) is 1.95. The summed E-state index contributed by atoms with van der Waals surface area (Å²) in [4.78, 5) is 10.8. The van der Waals surface area contributed by atoms with Gasteiger partial charge >= 0.3 is 0 Å². The number of hydrogen-bond donors (Lipinski definition) is 2. The molecular formula is C8H16N2O2. The van der Waals surface area contributed by atoms with Gasteiger partial charge in [0.1, 0.15) is 0 Å². The molecule has 1 aliphatic rings. The summed E-state index contributed by atoms with van der Waals surface area (Å²) in [7, 11) is 1.84. The van der Waals surface area contributed by atoms with Gasteiger partial charge in [0.15, 0.2) is 0 Å². The van der Waals surface area contributed by atoms with Gasteiger partial charge in [-0.25, -0.2) is 0 Å². The van der Waals surface area contributed by atoms with Crippen molar-refractivity contribution in [1.29, 1.82) is 0 Å². The topological polar surface area (TPSA) is 64.3 Å². The molecule has 0 aromatic rings. The van der Waals surface area contributed by atoms with Gasteiger partial charge in [0.05, 0.1) is 18.2 Å². The van der Waals surface area contributed by atoms with Gasteiger partial charge in [-0.15, -0.1) is 0 Å². The van der Waals surface area contributed by atoms with Gasteiger partial charge in [-0.1, -0.05) is 0 Å². The molecule has 0 aromatic heterocycles. The SMILES string of the molecule is CNC1(CC(N)=O)COC(C)C1. The molecule has 0 aliphatic carbocycles. The third-order valence-electron chi connectivity index (χ3n) is 2.37. The molecule has 70 valence electrons. The van der Waals surface area contributed by atoms with E-state index < -0.39 is 0 Å². The minimum absolute atomic E-state index is 0.217. The van der Waals surface area contributed by atoms with Crippen molar-refractivity contribution in [2.45, 2.75) is 31.4 Å². The molecule has 1 fully saturated rings. The van der Waals surface area contributed by atoms with Crippen LogP contribution in [0.5, 0.6) is 0 Å². The number of nitrogens with one attached hydrogen (secondary N) is 1. The largest absolute Gasteiger partial charge is 0.377 e. The van der Waals surface area contributed by atoms with E-state index in [9.17, 15) is 4.79 Å². The molecule has 1 heterocycles. The Morgan fingerprint density at radius 2 is 2.50 bits per heavy atom. The second kappa shape index (κ2) is 3.41. The Labute approximate surface area is 72.5 Å². The molecule has 12 heavy (non-hydrogen) atoms. The molecular weight excluding hydrogens is 156 g/mol. The first-order chi connectivity index (χ1) is 5.58. The molecule has 0 radical (unpaired) electrons. The number of primary amides is 1. The molecule has 2 atom stereocenters. The van der Waals surface area contributed by atoms with E-state index in [4.69, 9.17) is 10.5 Å². The van der Waals surface area contributed by atoms with Crippen molar-refractivity contribution in [3.63, 3.8) is 0 Å². The van der Waals surface area contributed by atoms with Gasteiger partial charge in [0.2, 0.25) is 5.91 Å². The van der Waals surface area contributed by atoms with Crippen LogP contribution in [0.3, 0.4) is 0 Å². The highest BCUT2D eigenvalue weighted by Crippen LogP contribution is 2.26. The number of carbonyl (C=O) groups excluding carboxylic acids is 1. The highest BCUT2D eigenvalue weighted by molar-refractivity contribution is 5.75. The fourth-order valence-corrected chi connectivity index (χ4v) is 1.69. The maximum atomic E-state index is 10.8. The van der Waals surface area contributed by atoms with E-state index in [0.29, 0.717) is 13.0 Å². The Morgan fingerprint density at radius 3 is 2.83 bits per heavy atom. The van der Waals surface area contributed by atoms with Crippen molar-refractivity contribution in [3.8, 4) is 0 Å². The van der Waals surface area contributed by atoms with Gasteiger partial charge in [0.25, 0.3) is 0 Å². The van der Waals surface area contributed by atoms with Gasteiger partial charge in [0, 0.05) is 6.42 Å². The third-order valence-corrected chi connectivity index (χ3v) is 2.37. The molecule has 1 rings (SSSR count). The summed E-state index contributed by atoms with van der Waals surface area (Å²) >= 11 is 0. The minimum Gasteiger partial charge on any atom is -0.377 e. The smallest absolute Gasteiger partial charge is 0.219 e. The molecule has 3 N–H and O–H groups in total. The van der Waals surface area contributed by atoms with Crippen molar-refractivity contribution in [1.82, 2.24) is 5.32 Å². The molecule has 1 amide bonds. The Hall–Kier alpha value is -0.610. The van der Waals surface area contributed by atoms with E-state index in [1.807, 2.05) is 14.0 Å². The quantitative estimate of drug-likeness (QED) is 0.610. The van der Waals surface area contributed by atoms with E-state index in [0.717, 1.165) is 6.42 Å². The summed E-state index contributed by atoms with van der Waals surface area (Å²) in [6.45, 7) is 2.58. The van der Waals surface area contributed by atoms with E-state index in [-0.39, 0.29) is 17.6 Å². The summed E-state index contributed by atoms with van der Waals surface area (Å²) in [5.41, 5.74) is 4.93. The van der Waals surface area contributed by atoms with Crippen LogP contribution in [-0.2, 0) is 9.53 Å². The first kappa shape index (κ1) is 9.48. The zero-order valence-electron chi connectivity index (χ0n) is 7.59. The van der Waals surface area contributed by atoms with Crippen LogP contribution in [0.25, 0.3) is 0 Å². The number of likely N-dealkylation sites (N-methyl/N-ethyl adjacent to an activating group) is 1. The number of ether oxygens (including phenoxy) is 1. The number of hydrogen-bond acceptors (Lipinski definition) is 3.